The van der Waals surface area contributed by atoms with Crippen LogP contribution < -0.4 is 9.47 Å². The molecule has 0 N–H and O–H groups in total. The lowest BCUT2D eigenvalue weighted by molar-refractivity contribution is -0.385. The number of hydrogen-bond donors (Lipinski definition) is 0. The van der Waals surface area contributed by atoms with E-state index < -0.39 is 16.6 Å². The number of nitro benzene ring substituents is 1. The molecular formula is C19H17NO7. The summed E-state index contributed by atoms with van der Waals surface area (Å²) in [6, 6.07) is 11.5. The van der Waals surface area contributed by atoms with Crippen molar-refractivity contribution >= 4 is 22.6 Å². The predicted octanol–water partition coefficient (Wildman–Crippen LogP) is 4.11. The highest BCUT2D eigenvalue weighted by atomic mass is 16.6. The molecular weight excluding hydrogens is 354 g/mol. The number of para-hydroxylation sites is 1. The van der Waals surface area contributed by atoms with Gasteiger partial charge in [-0.2, -0.15) is 0 Å². The Labute approximate surface area is 154 Å². The van der Waals surface area contributed by atoms with Gasteiger partial charge in [-0.25, -0.2) is 4.79 Å². The van der Waals surface area contributed by atoms with Gasteiger partial charge in [-0.1, -0.05) is 18.2 Å². The molecule has 0 saturated heterocycles. The number of rotatable bonds is 7. The molecule has 2 aromatic carbocycles. The zero-order valence-corrected chi connectivity index (χ0v) is 14.8. The lowest BCUT2D eigenvalue weighted by Gasteiger charge is -2.11. The fraction of sp³-hybridized carbons (Fsp3) is 0.211. The van der Waals surface area contributed by atoms with Gasteiger partial charge in [0.1, 0.15) is 23.5 Å². The number of esters is 1. The molecule has 0 unspecified atom stereocenters. The highest BCUT2D eigenvalue weighted by molar-refractivity contribution is 5.95. The monoisotopic (exact) mass is 371 g/mol. The van der Waals surface area contributed by atoms with Gasteiger partial charge < -0.3 is 18.6 Å². The van der Waals surface area contributed by atoms with Crippen LogP contribution in [0.25, 0.3) is 11.0 Å². The maximum atomic E-state index is 12.4. The van der Waals surface area contributed by atoms with E-state index in [-0.39, 0.29) is 23.7 Å². The molecule has 0 spiro atoms. The maximum Gasteiger partial charge on any atom is 0.345 e. The van der Waals surface area contributed by atoms with Crippen molar-refractivity contribution in [2.45, 2.75) is 13.5 Å². The van der Waals surface area contributed by atoms with Gasteiger partial charge in [0.2, 0.25) is 0 Å². The van der Waals surface area contributed by atoms with Crippen LogP contribution in [-0.4, -0.2) is 24.6 Å². The molecule has 0 radical (unpaired) electrons. The van der Waals surface area contributed by atoms with Gasteiger partial charge >= 0.3 is 5.97 Å². The summed E-state index contributed by atoms with van der Waals surface area (Å²) in [5, 5.41) is 12.2. The molecule has 0 amide bonds. The number of methoxy groups -OCH3 is 1. The molecule has 8 heteroatoms. The van der Waals surface area contributed by atoms with Gasteiger partial charge in [0.15, 0.2) is 11.5 Å². The number of nitro groups is 1. The fourth-order valence-electron chi connectivity index (χ4n) is 2.61. The van der Waals surface area contributed by atoms with E-state index in [1.54, 1.807) is 19.1 Å². The molecule has 1 heterocycles. The van der Waals surface area contributed by atoms with E-state index in [0.29, 0.717) is 18.0 Å². The summed E-state index contributed by atoms with van der Waals surface area (Å²) in [5.74, 6) is -0.0322. The average molecular weight is 371 g/mol. The second kappa shape index (κ2) is 7.77. The van der Waals surface area contributed by atoms with Gasteiger partial charge in [-0.3, -0.25) is 10.1 Å². The highest BCUT2D eigenvalue weighted by Gasteiger charge is 2.26. The van der Waals surface area contributed by atoms with E-state index in [0.717, 1.165) is 11.5 Å². The molecule has 0 aliphatic rings. The van der Waals surface area contributed by atoms with Crippen LogP contribution >= 0.6 is 0 Å². The van der Waals surface area contributed by atoms with Crippen molar-refractivity contribution < 1.29 is 28.3 Å². The summed E-state index contributed by atoms with van der Waals surface area (Å²) in [4.78, 5) is 23.1. The second-order valence-electron chi connectivity index (χ2n) is 5.54. The molecule has 0 atom stereocenters. The van der Waals surface area contributed by atoms with Crippen molar-refractivity contribution in [3.8, 4) is 11.5 Å². The minimum absolute atomic E-state index is 0.152. The lowest BCUT2D eigenvalue weighted by atomic mass is 10.1. The standard InChI is InChI=1S/C19H17NO7/c1-3-25-18-9-14(15(20(22)23)10-17(18)24-2)19(21)26-11-13-8-12-6-4-5-7-16(12)27-13/h4-10H,3,11H2,1-2H3. The van der Waals surface area contributed by atoms with Crippen LogP contribution in [0.4, 0.5) is 5.69 Å². The first-order valence-corrected chi connectivity index (χ1v) is 8.17. The summed E-state index contributed by atoms with van der Waals surface area (Å²) in [6.45, 7) is 1.91. The number of carbonyl (C=O) groups excluding carboxylic acids is 1. The molecule has 27 heavy (non-hydrogen) atoms. The Balaban J connectivity index is 1.85. The van der Waals surface area contributed by atoms with Crippen LogP contribution in [0.3, 0.4) is 0 Å². The van der Waals surface area contributed by atoms with E-state index in [4.69, 9.17) is 18.6 Å². The zero-order chi connectivity index (χ0) is 19.4. The van der Waals surface area contributed by atoms with Crippen LogP contribution in [0.15, 0.2) is 46.9 Å². The minimum Gasteiger partial charge on any atom is -0.493 e. The van der Waals surface area contributed by atoms with Gasteiger partial charge in [-0.05, 0) is 19.1 Å². The van der Waals surface area contributed by atoms with Crippen molar-refractivity contribution in [3.63, 3.8) is 0 Å². The number of ether oxygens (including phenoxy) is 3. The Hall–Kier alpha value is -3.55. The topological polar surface area (TPSA) is 101 Å². The third-order valence-corrected chi connectivity index (χ3v) is 3.82. The first-order chi connectivity index (χ1) is 13.0. The van der Waals surface area contributed by atoms with Crippen molar-refractivity contribution in [2.75, 3.05) is 13.7 Å². The average Bonchev–Trinajstić information content (AvgIpc) is 3.08. The van der Waals surface area contributed by atoms with Crippen LogP contribution in [0, 0.1) is 10.1 Å². The summed E-state index contributed by atoms with van der Waals surface area (Å²) in [7, 11) is 1.36. The number of hydrogen-bond acceptors (Lipinski definition) is 7. The van der Waals surface area contributed by atoms with Gasteiger partial charge in [0.05, 0.1) is 24.7 Å². The quantitative estimate of drug-likeness (QED) is 0.350. The second-order valence-corrected chi connectivity index (χ2v) is 5.54. The molecule has 0 bridgehead atoms. The normalized spacial score (nSPS) is 10.6. The Kier molecular flexibility index (Phi) is 5.25. The van der Waals surface area contributed by atoms with Crippen molar-refractivity contribution in [1.82, 2.24) is 0 Å². The number of nitrogens with zero attached hydrogens (tertiary/aromatic N) is 1. The third-order valence-electron chi connectivity index (χ3n) is 3.82. The van der Waals surface area contributed by atoms with Crippen LogP contribution in [0.5, 0.6) is 11.5 Å². The Morgan fingerprint density at radius 2 is 1.96 bits per heavy atom. The predicted molar refractivity (Wildman–Crippen MR) is 96.2 cm³/mol. The molecule has 1 aromatic heterocycles. The van der Waals surface area contributed by atoms with Crippen LogP contribution in [0.2, 0.25) is 0 Å². The van der Waals surface area contributed by atoms with E-state index in [2.05, 4.69) is 0 Å². The van der Waals surface area contributed by atoms with Gasteiger partial charge in [0, 0.05) is 11.5 Å². The summed E-state index contributed by atoms with van der Waals surface area (Å²) < 4.78 is 21.3. The SMILES string of the molecule is CCOc1cc(C(=O)OCc2cc3ccccc3o2)c([N+](=O)[O-])cc1OC. The lowest BCUT2D eigenvalue weighted by Crippen LogP contribution is -2.09. The van der Waals surface area contributed by atoms with E-state index in [1.165, 1.54) is 13.2 Å². The Morgan fingerprint density at radius 3 is 2.63 bits per heavy atom. The molecule has 0 saturated carbocycles. The fourth-order valence-corrected chi connectivity index (χ4v) is 2.61. The Bertz CT molecular complexity index is 960. The first kappa shape index (κ1) is 18.2. The van der Waals surface area contributed by atoms with E-state index >= 15 is 0 Å². The van der Waals surface area contributed by atoms with E-state index in [9.17, 15) is 14.9 Å². The molecule has 140 valence electrons. The van der Waals surface area contributed by atoms with Crippen molar-refractivity contribution in [1.29, 1.82) is 0 Å². The number of carbonyl (C=O) groups is 1. The van der Waals surface area contributed by atoms with Crippen molar-refractivity contribution in [3.05, 3.63) is 63.9 Å². The molecule has 3 aromatic rings. The molecule has 0 aliphatic heterocycles. The highest BCUT2D eigenvalue weighted by Crippen LogP contribution is 2.35. The van der Waals surface area contributed by atoms with Crippen molar-refractivity contribution in [2.24, 2.45) is 0 Å². The largest absolute Gasteiger partial charge is 0.493 e. The van der Waals surface area contributed by atoms with Crippen LogP contribution in [-0.2, 0) is 11.3 Å². The smallest absolute Gasteiger partial charge is 0.345 e. The zero-order valence-electron chi connectivity index (χ0n) is 14.8. The molecule has 0 fully saturated rings. The number of benzene rings is 2. The van der Waals surface area contributed by atoms with E-state index in [1.807, 2.05) is 18.2 Å². The van der Waals surface area contributed by atoms with Gasteiger partial charge in [0.25, 0.3) is 5.69 Å². The number of furan rings is 1. The van der Waals surface area contributed by atoms with Crippen LogP contribution in [0.1, 0.15) is 23.0 Å². The minimum atomic E-state index is -0.856. The first-order valence-electron chi connectivity index (χ1n) is 8.17. The maximum absolute atomic E-state index is 12.4. The summed E-state index contributed by atoms with van der Waals surface area (Å²) >= 11 is 0. The Morgan fingerprint density at radius 1 is 1.19 bits per heavy atom. The third kappa shape index (κ3) is 3.84. The molecule has 8 nitrogen and oxygen atoms in total. The molecule has 3 rings (SSSR count). The number of fused-ring (bicyclic) bond motifs is 1. The van der Waals surface area contributed by atoms with Gasteiger partial charge in [-0.15, -0.1) is 0 Å². The molecule has 0 aliphatic carbocycles. The summed E-state index contributed by atoms with van der Waals surface area (Å²) in [5.41, 5.74) is 0.0166. The summed E-state index contributed by atoms with van der Waals surface area (Å²) in [6.07, 6.45) is 0.